The van der Waals surface area contributed by atoms with E-state index in [1.54, 1.807) is 26.8 Å². The first-order chi connectivity index (χ1) is 9.51. The number of aromatic nitrogens is 1. The Morgan fingerprint density at radius 2 is 2.05 bits per heavy atom. The molecule has 0 N–H and O–H groups in total. The van der Waals surface area contributed by atoms with E-state index in [1.807, 2.05) is 6.92 Å². The van der Waals surface area contributed by atoms with Gasteiger partial charge in [-0.15, -0.1) is 0 Å². The molecule has 0 spiro atoms. The summed E-state index contributed by atoms with van der Waals surface area (Å²) >= 11 is 14.1. The number of pyridine rings is 1. The van der Waals surface area contributed by atoms with E-state index in [9.17, 15) is 4.79 Å². The van der Waals surface area contributed by atoms with E-state index in [0.29, 0.717) is 9.26 Å². The summed E-state index contributed by atoms with van der Waals surface area (Å²) in [5, 5.41) is 0.423. The molecule has 0 aliphatic carbocycles. The largest absolute Gasteiger partial charge is 0.443 e. The molecule has 7 heteroatoms. The van der Waals surface area contributed by atoms with Crippen molar-refractivity contribution in [3.63, 3.8) is 0 Å². The number of amides is 1. The Balaban J connectivity index is 3.26. The molecule has 21 heavy (non-hydrogen) atoms. The number of anilines is 1. The van der Waals surface area contributed by atoms with Gasteiger partial charge in [0.1, 0.15) is 10.8 Å². The van der Waals surface area contributed by atoms with Gasteiger partial charge in [-0.05, 0) is 56.4 Å². The lowest BCUT2D eigenvalue weighted by atomic mass is 10.2. The van der Waals surface area contributed by atoms with Crippen LogP contribution in [0.25, 0.3) is 0 Å². The van der Waals surface area contributed by atoms with Gasteiger partial charge >= 0.3 is 6.09 Å². The number of ether oxygens (including phenoxy) is 1. The van der Waals surface area contributed by atoms with Crippen molar-refractivity contribution in [2.75, 3.05) is 11.4 Å². The summed E-state index contributed by atoms with van der Waals surface area (Å²) in [6.45, 7) is 11.3. The minimum Gasteiger partial charge on any atom is -0.443 e. The smallest absolute Gasteiger partial charge is 0.415 e. The van der Waals surface area contributed by atoms with Crippen LogP contribution >= 0.6 is 45.8 Å². The van der Waals surface area contributed by atoms with Crippen LogP contribution in [0.2, 0.25) is 10.3 Å². The number of nitrogens with zero attached hydrogens (tertiary/aromatic N) is 2. The van der Waals surface area contributed by atoms with Gasteiger partial charge in [0.25, 0.3) is 0 Å². The second kappa shape index (κ2) is 7.15. The first kappa shape index (κ1) is 18.5. The third kappa shape index (κ3) is 5.64. The molecule has 0 aliphatic heterocycles. The Morgan fingerprint density at radius 1 is 1.48 bits per heavy atom. The summed E-state index contributed by atoms with van der Waals surface area (Å²) in [7, 11) is 0. The van der Waals surface area contributed by atoms with Crippen LogP contribution in [0, 0.1) is 3.57 Å². The van der Waals surface area contributed by atoms with Crippen LogP contribution in [-0.2, 0) is 4.74 Å². The lowest BCUT2D eigenvalue weighted by molar-refractivity contribution is 0.0583. The third-order valence-electron chi connectivity index (χ3n) is 2.18. The fraction of sp³-hybridized carbons (Fsp3) is 0.429. The van der Waals surface area contributed by atoms with Crippen molar-refractivity contribution in [2.45, 2.75) is 33.3 Å². The number of carbonyl (C=O) groups excluding carboxylic acids is 1. The molecule has 0 aliphatic rings. The molecule has 0 saturated carbocycles. The molecule has 0 unspecified atom stereocenters. The van der Waals surface area contributed by atoms with E-state index >= 15 is 0 Å². The average Bonchev–Trinajstić information content (AvgIpc) is 2.23. The maximum absolute atomic E-state index is 12.4. The highest BCUT2D eigenvalue weighted by Gasteiger charge is 2.27. The van der Waals surface area contributed by atoms with Gasteiger partial charge < -0.3 is 4.74 Å². The maximum Gasteiger partial charge on any atom is 0.415 e. The summed E-state index contributed by atoms with van der Waals surface area (Å²) in [6, 6.07) is 1.64. The topological polar surface area (TPSA) is 42.4 Å². The first-order valence-electron chi connectivity index (χ1n) is 6.17. The Hall–Kier alpha value is -0.530. The Bertz CT molecular complexity index is 548. The predicted octanol–water partition coefficient (Wildman–Crippen LogP) is 5.31. The summed E-state index contributed by atoms with van der Waals surface area (Å²) in [4.78, 5) is 17.8. The van der Waals surface area contributed by atoms with Crippen molar-refractivity contribution >= 4 is 57.6 Å². The fourth-order valence-corrected chi connectivity index (χ4v) is 3.23. The lowest BCUT2D eigenvalue weighted by Gasteiger charge is -2.28. The van der Waals surface area contributed by atoms with Crippen LogP contribution in [0.15, 0.2) is 18.2 Å². The monoisotopic (exact) mass is 442 g/mol. The van der Waals surface area contributed by atoms with E-state index in [-0.39, 0.29) is 16.9 Å². The molecule has 0 radical (unpaired) electrons. The standard InChI is InChI=1S/C14H17Cl2IN2O2/c1-8(2)7-19(13(20)21-14(3,4)5)11-9(17)6-10(15)18-12(11)16/h6H,1,7H2,2-5H3. The quantitative estimate of drug-likeness (QED) is 0.362. The van der Waals surface area contributed by atoms with Gasteiger partial charge in [0, 0.05) is 10.1 Å². The molecule has 116 valence electrons. The van der Waals surface area contributed by atoms with Crippen molar-refractivity contribution in [1.29, 1.82) is 0 Å². The number of halogens is 3. The summed E-state index contributed by atoms with van der Waals surface area (Å²) in [5.74, 6) is 0. The van der Waals surface area contributed by atoms with E-state index in [0.717, 1.165) is 5.57 Å². The second-order valence-corrected chi connectivity index (χ2v) is 7.50. The molecule has 0 aromatic carbocycles. The highest BCUT2D eigenvalue weighted by atomic mass is 127. The molecule has 0 fully saturated rings. The van der Waals surface area contributed by atoms with Gasteiger partial charge in [-0.2, -0.15) is 0 Å². The van der Waals surface area contributed by atoms with Crippen LogP contribution < -0.4 is 4.90 Å². The van der Waals surface area contributed by atoms with Crippen molar-refractivity contribution in [3.8, 4) is 0 Å². The summed E-state index contributed by atoms with van der Waals surface area (Å²) in [5.41, 5.74) is 0.656. The van der Waals surface area contributed by atoms with E-state index < -0.39 is 11.7 Å². The Kier molecular flexibility index (Phi) is 6.31. The lowest BCUT2D eigenvalue weighted by Crippen LogP contribution is -2.38. The number of carbonyl (C=O) groups is 1. The van der Waals surface area contributed by atoms with Gasteiger partial charge in [0.05, 0.1) is 5.69 Å². The van der Waals surface area contributed by atoms with Gasteiger partial charge in [-0.25, -0.2) is 9.78 Å². The zero-order valence-corrected chi connectivity index (χ0v) is 16.0. The number of rotatable bonds is 3. The van der Waals surface area contributed by atoms with E-state index in [1.165, 1.54) is 4.90 Å². The highest BCUT2D eigenvalue weighted by molar-refractivity contribution is 14.1. The number of hydrogen-bond acceptors (Lipinski definition) is 3. The minimum atomic E-state index is -0.609. The molecule has 0 bridgehead atoms. The van der Waals surface area contributed by atoms with E-state index in [4.69, 9.17) is 27.9 Å². The van der Waals surface area contributed by atoms with Crippen LogP contribution in [-0.4, -0.2) is 23.2 Å². The molecule has 0 atom stereocenters. The Morgan fingerprint density at radius 3 is 2.48 bits per heavy atom. The predicted molar refractivity (Wildman–Crippen MR) is 95.4 cm³/mol. The van der Waals surface area contributed by atoms with Crippen LogP contribution in [0.4, 0.5) is 10.5 Å². The summed E-state index contributed by atoms with van der Waals surface area (Å²) in [6.07, 6.45) is -0.505. The molecule has 4 nitrogen and oxygen atoms in total. The van der Waals surface area contributed by atoms with E-state index in [2.05, 4.69) is 34.2 Å². The molecular weight excluding hydrogens is 426 g/mol. The van der Waals surface area contributed by atoms with Crippen molar-refractivity contribution in [2.24, 2.45) is 0 Å². The van der Waals surface area contributed by atoms with Crippen molar-refractivity contribution in [3.05, 3.63) is 32.1 Å². The summed E-state index contributed by atoms with van der Waals surface area (Å²) < 4.78 is 6.13. The maximum atomic E-state index is 12.4. The van der Waals surface area contributed by atoms with Crippen LogP contribution in [0.3, 0.4) is 0 Å². The van der Waals surface area contributed by atoms with Gasteiger partial charge in [0.2, 0.25) is 0 Å². The molecule has 1 amide bonds. The Labute approximate surface area is 148 Å². The molecule has 1 aromatic heterocycles. The zero-order chi connectivity index (χ0) is 16.4. The molecule has 0 saturated heterocycles. The van der Waals surface area contributed by atoms with Crippen molar-refractivity contribution < 1.29 is 9.53 Å². The second-order valence-electron chi connectivity index (χ2n) is 5.59. The number of hydrogen-bond donors (Lipinski definition) is 0. The highest BCUT2D eigenvalue weighted by Crippen LogP contribution is 2.33. The van der Waals surface area contributed by atoms with Gasteiger partial charge in [-0.3, -0.25) is 4.90 Å². The molecule has 1 aromatic rings. The molecular formula is C14H17Cl2IN2O2. The first-order valence-corrected chi connectivity index (χ1v) is 8.01. The van der Waals surface area contributed by atoms with Gasteiger partial charge in [0.15, 0.2) is 5.15 Å². The van der Waals surface area contributed by atoms with Crippen LogP contribution in [0.5, 0.6) is 0 Å². The third-order valence-corrected chi connectivity index (χ3v) is 3.46. The van der Waals surface area contributed by atoms with Crippen LogP contribution in [0.1, 0.15) is 27.7 Å². The van der Waals surface area contributed by atoms with Crippen molar-refractivity contribution in [1.82, 2.24) is 4.98 Å². The fourth-order valence-electron chi connectivity index (χ4n) is 1.51. The minimum absolute atomic E-state index is 0.152. The SMILES string of the molecule is C=C(C)CN(C(=O)OC(C)(C)C)c1c(I)cc(Cl)nc1Cl. The molecule has 1 rings (SSSR count). The average molecular weight is 443 g/mol. The zero-order valence-electron chi connectivity index (χ0n) is 12.3. The molecule has 1 heterocycles. The van der Waals surface area contributed by atoms with Gasteiger partial charge in [-0.1, -0.05) is 35.4 Å². The normalized spacial score (nSPS) is 11.2.